The Kier molecular flexibility index (Phi) is 4.58. The molecule has 1 atom stereocenters. The molecule has 0 unspecified atom stereocenters. The number of amides is 2. The minimum absolute atomic E-state index is 0.0116. The number of pyridine rings is 1. The molecule has 0 aliphatic carbocycles. The maximum absolute atomic E-state index is 12.5. The second-order valence-electron chi connectivity index (χ2n) is 6.83. The van der Waals surface area contributed by atoms with Crippen LogP contribution in [0.1, 0.15) is 17.8 Å². The van der Waals surface area contributed by atoms with Crippen molar-refractivity contribution >= 4 is 23.1 Å². The van der Waals surface area contributed by atoms with E-state index in [1.807, 2.05) is 60.0 Å². The van der Waals surface area contributed by atoms with Gasteiger partial charge in [0.15, 0.2) is 5.65 Å². The number of carbonyl (C=O) groups is 2. The van der Waals surface area contributed by atoms with Gasteiger partial charge in [-0.1, -0.05) is 23.8 Å². The number of nitrogens with zero attached hydrogens (tertiary/aromatic N) is 4. The zero-order valence-corrected chi connectivity index (χ0v) is 15.1. The number of hydrogen-bond acceptors (Lipinski definition) is 4. The highest BCUT2D eigenvalue weighted by Crippen LogP contribution is 2.25. The van der Waals surface area contributed by atoms with Gasteiger partial charge in [-0.25, -0.2) is 0 Å². The number of hydrogen-bond donors (Lipinski definition) is 1. The molecular weight excluding hydrogens is 342 g/mol. The van der Waals surface area contributed by atoms with Crippen LogP contribution in [0, 0.1) is 12.8 Å². The van der Waals surface area contributed by atoms with E-state index in [2.05, 4.69) is 15.5 Å². The number of benzene rings is 1. The number of aryl methyl sites for hydroxylation is 1. The van der Waals surface area contributed by atoms with E-state index in [0.29, 0.717) is 19.5 Å². The van der Waals surface area contributed by atoms with Crippen LogP contribution in [0.4, 0.5) is 5.69 Å². The van der Waals surface area contributed by atoms with Crippen molar-refractivity contribution < 1.29 is 9.59 Å². The highest BCUT2D eigenvalue weighted by molar-refractivity contribution is 6.00. The topological polar surface area (TPSA) is 79.6 Å². The Hall–Kier alpha value is -3.22. The van der Waals surface area contributed by atoms with Crippen LogP contribution in [-0.2, 0) is 16.0 Å². The lowest BCUT2D eigenvalue weighted by atomic mass is 10.1. The van der Waals surface area contributed by atoms with Gasteiger partial charge in [0.1, 0.15) is 5.82 Å². The normalized spacial score (nSPS) is 16.9. The first-order valence-electron chi connectivity index (χ1n) is 9.05. The Balaban J connectivity index is 1.33. The summed E-state index contributed by atoms with van der Waals surface area (Å²) in [6.07, 6.45) is 2.73. The number of anilines is 1. The summed E-state index contributed by atoms with van der Waals surface area (Å²) in [5, 5.41) is 11.2. The minimum atomic E-state index is -0.325. The predicted molar refractivity (Wildman–Crippen MR) is 101 cm³/mol. The first kappa shape index (κ1) is 17.2. The van der Waals surface area contributed by atoms with Crippen LogP contribution in [0.3, 0.4) is 0 Å². The van der Waals surface area contributed by atoms with E-state index in [9.17, 15) is 9.59 Å². The third-order valence-electron chi connectivity index (χ3n) is 4.87. The number of nitrogens with one attached hydrogen (secondary N) is 1. The van der Waals surface area contributed by atoms with Gasteiger partial charge in [-0.2, -0.15) is 0 Å². The summed E-state index contributed by atoms with van der Waals surface area (Å²) in [4.78, 5) is 26.5. The van der Waals surface area contributed by atoms with E-state index in [1.54, 1.807) is 4.90 Å². The minimum Gasteiger partial charge on any atom is -0.355 e. The maximum atomic E-state index is 12.5. The van der Waals surface area contributed by atoms with Crippen molar-refractivity contribution in [2.45, 2.75) is 19.8 Å². The molecule has 7 nitrogen and oxygen atoms in total. The Morgan fingerprint density at radius 2 is 2.00 bits per heavy atom. The molecule has 27 heavy (non-hydrogen) atoms. The third-order valence-corrected chi connectivity index (χ3v) is 4.87. The fraction of sp³-hybridized carbons (Fsp3) is 0.300. The molecule has 0 saturated carbocycles. The first-order valence-corrected chi connectivity index (χ1v) is 9.05. The number of carbonyl (C=O) groups excluding carboxylic acids is 2. The average molecular weight is 363 g/mol. The third kappa shape index (κ3) is 3.53. The summed E-state index contributed by atoms with van der Waals surface area (Å²) in [7, 11) is 0. The smallest absolute Gasteiger partial charge is 0.227 e. The van der Waals surface area contributed by atoms with Crippen LogP contribution < -0.4 is 10.2 Å². The monoisotopic (exact) mass is 363 g/mol. The zero-order chi connectivity index (χ0) is 18.8. The molecule has 7 heteroatoms. The van der Waals surface area contributed by atoms with Crippen molar-refractivity contribution in [2.75, 3.05) is 18.0 Å². The number of aromatic nitrogens is 3. The molecule has 3 aromatic rings. The van der Waals surface area contributed by atoms with Gasteiger partial charge in [0.05, 0.1) is 5.92 Å². The molecule has 1 aliphatic heterocycles. The largest absolute Gasteiger partial charge is 0.355 e. The van der Waals surface area contributed by atoms with Crippen molar-refractivity contribution in [1.82, 2.24) is 19.9 Å². The molecule has 0 radical (unpaired) electrons. The quantitative estimate of drug-likeness (QED) is 0.749. The van der Waals surface area contributed by atoms with Gasteiger partial charge in [-0.05, 0) is 31.2 Å². The van der Waals surface area contributed by atoms with Gasteiger partial charge < -0.3 is 10.2 Å². The van der Waals surface area contributed by atoms with Crippen LogP contribution >= 0.6 is 0 Å². The Morgan fingerprint density at radius 3 is 2.81 bits per heavy atom. The lowest BCUT2D eigenvalue weighted by Gasteiger charge is -2.17. The highest BCUT2D eigenvalue weighted by atomic mass is 16.2. The maximum Gasteiger partial charge on any atom is 0.227 e. The summed E-state index contributed by atoms with van der Waals surface area (Å²) < 4.78 is 1.91. The second-order valence-corrected chi connectivity index (χ2v) is 6.83. The van der Waals surface area contributed by atoms with Gasteiger partial charge in [-0.15, -0.1) is 10.2 Å². The lowest BCUT2D eigenvalue weighted by molar-refractivity contribution is -0.126. The molecule has 1 fully saturated rings. The van der Waals surface area contributed by atoms with E-state index in [0.717, 1.165) is 22.7 Å². The second kappa shape index (κ2) is 7.19. The van der Waals surface area contributed by atoms with Gasteiger partial charge in [0.25, 0.3) is 0 Å². The Bertz CT molecular complexity index is 979. The molecule has 138 valence electrons. The molecule has 2 aromatic heterocycles. The number of fused-ring (bicyclic) bond motifs is 1. The van der Waals surface area contributed by atoms with Crippen LogP contribution in [-0.4, -0.2) is 39.5 Å². The SMILES string of the molecule is Cc1ccc(N2C[C@@H](C(=O)NCCc3nnc4ccccn34)CC2=O)cc1. The highest BCUT2D eigenvalue weighted by Gasteiger charge is 2.34. The Morgan fingerprint density at radius 1 is 1.19 bits per heavy atom. The summed E-state index contributed by atoms with van der Waals surface area (Å²) in [6.45, 7) is 2.88. The van der Waals surface area contributed by atoms with E-state index < -0.39 is 0 Å². The standard InChI is InChI=1S/C20H21N5O2/c1-14-5-7-16(8-6-14)25-13-15(12-19(25)26)20(27)21-10-9-18-23-22-17-4-2-3-11-24(17)18/h2-8,11,15H,9-10,12-13H2,1H3,(H,21,27)/t15-/m0/s1. The summed E-state index contributed by atoms with van der Waals surface area (Å²) in [5.41, 5.74) is 2.77. The van der Waals surface area contributed by atoms with Gasteiger partial charge >= 0.3 is 0 Å². The van der Waals surface area contributed by atoms with E-state index >= 15 is 0 Å². The van der Waals surface area contributed by atoms with E-state index in [4.69, 9.17) is 0 Å². The zero-order valence-electron chi connectivity index (χ0n) is 15.1. The van der Waals surface area contributed by atoms with Gasteiger partial charge in [0.2, 0.25) is 11.8 Å². The summed E-state index contributed by atoms with van der Waals surface area (Å²) >= 11 is 0. The molecule has 1 saturated heterocycles. The van der Waals surface area contributed by atoms with Crippen molar-refractivity contribution in [3.63, 3.8) is 0 Å². The fourth-order valence-electron chi connectivity index (χ4n) is 3.36. The number of rotatable bonds is 5. The summed E-state index contributed by atoms with van der Waals surface area (Å²) in [5.74, 6) is 0.373. The van der Waals surface area contributed by atoms with Crippen LogP contribution in [0.2, 0.25) is 0 Å². The first-order chi connectivity index (χ1) is 13.1. The molecule has 1 N–H and O–H groups in total. The van der Waals surface area contributed by atoms with Crippen molar-refractivity contribution in [3.8, 4) is 0 Å². The molecular formula is C20H21N5O2. The molecule has 1 aliphatic rings. The van der Waals surface area contributed by atoms with Crippen molar-refractivity contribution in [2.24, 2.45) is 5.92 Å². The van der Waals surface area contributed by atoms with E-state index in [1.165, 1.54) is 0 Å². The fourth-order valence-corrected chi connectivity index (χ4v) is 3.36. The van der Waals surface area contributed by atoms with E-state index in [-0.39, 0.29) is 24.2 Å². The predicted octanol–water partition coefficient (Wildman–Crippen LogP) is 1.75. The molecule has 0 spiro atoms. The molecule has 1 aromatic carbocycles. The van der Waals surface area contributed by atoms with Crippen LogP contribution in [0.5, 0.6) is 0 Å². The Labute approximate surface area is 157 Å². The van der Waals surface area contributed by atoms with Gasteiger partial charge in [0, 0.05) is 37.8 Å². The van der Waals surface area contributed by atoms with Crippen LogP contribution in [0.15, 0.2) is 48.7 Å². The molecule has 0 bridgehead atoms. The van der Waals surface area contributed by atoms with Gasteiger partial charge in [-0.3, -0.25) is 14.0 Å². The van der Waals surface area contributed by atoms with Crippen molar-refractivity contribution in [1.29, 1.82) is 0 Å². The molecule has 3 heterocycles. The summed E-state index contributed by atoms with van der Waals surface area (Å²) in [6, 6.07) is 13.5. The molecule has 2 amide bonds. The van der Waals surface area contributed by atoms with Crippen molar-refractivity contribution in [3.05, 3.63) is 60.0 Å². The molecule has 4 rings (SSSR count). The average Bonchev–Trinajstić information content (AvgIpc) is 3.26. The van der Waals surface area contributed by atoms with Crippen LogP contribution in [0.25, 0.3) is 5.65 Å². The lowest BCUT2D eigenvalue weighted by Crippen LogP contribution is -2.34.